The van der Waals surface area contributed by atoms with Gasteiger partial charge in [-0.05, 0) is 42.0 Å². The van der Waals surface area contributed by atoms with E-state index < -0.39 is 0 Å². The molecule has 92 valence electrons. The summed E-state index contributed by atoms with van der Waals surface area (Å²) in [5, 5.41) is 0. The lowest BCUT2D eigenvalue weighted by Crippen LogP contribution is -1.98. The van der Waals surface area contributed by atoms with E-state index in [2.05, 4.69) is 46.3 Å². The predicted octanol–water partition coefficient (Wildman–Crippen LogP) is 4.91. The van der Waals surface area contributed by atoms with Gasteiger partial charge in [-0.15, -0.1) is 0 Å². The van der Waals surface area contributed by atoms with Gasteiger partial charge in [0.15, 0.2) is 0 Å². The smallest absolute Gasteiger partial charge is 0.124 e. The fourth-order valence-corrected chi connectivity index (χ4v) is 2.44. The third kappa shape index (κ3) is 2.75. The quantitative estimate of drug-likeness (QED) is 0.780. The second-order valence-electron chi connectivity index (χ2n) is 4.73. The van der Waals surface area contributed by atoms with Crippen LogP contribution in [0.25, 0.3) is 0 Å². The Bertz CT molecular complexity index is 532. The number of halogens is 1. The number of rotatable bonds is 4. The Hall–Kier alpha value is -1.28. The molecular weight excluding hydrogens is 288 g/mol. The standard InChI is InChI=1S/C16H15BrO/c17-14-8-9-15(13-6-7-13)16(10-14)18-11-12-4-2-1-3-5-12/h1-5,8-10,13H,6-7,11H2. The van der Waals surface area contributed by atoms with Gasteiger partial charge in [0, 0.05) is 4.47 Å². The van der Waals surface area contributed by atoms with Gasteiger partial charge in [0.25, 0.3) is 0 Å². The summed E-state index contributed by atoms with van der Waals surface area (Å²) in [5.41, 5.74) is 2.56. The Morgan fingerprint density at radius 2 is 1.83 bits per heavy atom. The van der Waals surface area contributed by atoms with E-state index in [-0.39, 0.29) is 0 Å². The summed E-state index contributed by atoms with van der Waals surface area (Å²) in [7, 11) is 0. The molecule has 1 aliphatic carbocycles. The summed E-state index contributed by atoms with van der Waals surface area (Å²) in [6.45, 7) is 0.636. The average Bonchev–Trinajstić information content (AvgIpc) is 3.22. The molecule has 0 bridgehead atoms. The lowest BCUT2D eigenvalue weighted by molar-refractivity contribution is 0.303. The van der Waals surface area contributed by atoms with Gasteiger partial charge < -0.3 is 4.74 Å². The molecule has 2 aromatic carbocycles. The highest BCUT2D eigenvalue weighted by Crippen LogP contribution is 2.45. The SMILES string of the molecule is Brc1ccc(C2CC2)c(OCc2ccccc2)c1. The number of hydrogen-bond donors (Lipinski definition) is 0. The number of benzene rings is 2. The van der Waals surface area contributed by atoms with Crippen LogP contribution in [-0.2, 0) is 6.61 Å². The Balaban J connectivity index is 1.77. The first-order valence-corrected chi connectivity index (χ1v) is 7.08. The molecule has 1 aliphatic rings. The molecule has 1 nitrogen and oxygen atoms in total. The second-order valence-corrected chi connectivity index (χ2v) is 5.65. The van der Waals surface area contributed by atoms with Crippen LogP contribution in [0, 0.1) is 0 Å². The maximum atomic E-state index is 5.98. The van der Waals surface area contributed by atoms with E-state index in [4.69, 9.17) is 4.74 Å². The van der Waals surface area contributed by atoms with Gasteiger partial charge in [0.05, 0.1) is 0 Å². The minimum Gasteiger partial charge on any atom is -0.489 e. The summed E-state index contributed by atoms with van der Waals surface area (Å²) in [4.78, 5) is 0. The third-order valence-electron chi connectivity index (χ3n) is 3.23. The van der Waals surface area contributed by atoms with Crippen LogP contribution < -0.4 is 4.74 Å². The van der Waals surface area contributed by atoms with Gasteiger partial charge >= 0.3 is 0 Å². The van der Waals surface area contributed by atoms with Crippen LogP contribution in [0.5, 0.6) is 5.75 Å². The molecule has 0 aromatic heterocycles. The first kappa shape index (κ1) is 11.8. The highest BCUT2D eigenvalue weighted by atomic mass is 79.9. The fraction of sp³-hybridized carbons (Fsp3) is 0.250. The molecule has 0 N–H and O–H groups in total. The van der Waals surface area contributed by atoms with Gasteiger partial charge in [0.1, 0.15) is 12.4 Å². The molecule has 0 radical (unpaired) electrons. The van der Waals surface area contributed by atoms with Gasteiger partial charge in [0.2, 0.25) is 0 Å². The normalized spacial score (nSPS) is 14.5. The van der Waals surface area contributed by atoms with E-state index >= 15 is 0 Å². The second kappa shape index (κ2) is 5.15. The molecule has 1 saturated carbocycles. The molecule has 18 heavy (non-hydrogen) atoms. The molecule has 0 saturated heterocycles. The van der Waals surface area contributed by atoms with Crippen LogP contribution in [0.1, 0.15) is 29.9 Å². The van der Waals surface area contributed by atoms with Crippen LogP contribution >= 0.6 is 15.9 Å². The first-order chi connectivity index (χ1) is 8.83. The zero-order chi connectivity index (χ0) is 12.4. The van der Waals surface area contributed by atoms with E-state index in [0.29, 0.717) is 12.5 Å². The molecule has 3 rings (SSSR count). The van der Waals surface area contributed by atoms with E-state index in [1.54, 1.807) is 0 Å². The van der Waals surface area contributed by atoms with E-state index in [9.17, 15) is 0 Å². The van der Waals surface area contributed by atoms with E-state index in [0.717, 1.165) is 10.2 Å². The number of ether oxygens (including phenoxy) is 1. The zero-order valence-electron chi connectivity index (χ0n) is 10.1. The van der Waals surface area contributed by atoms with Crippen molar-refractivity contribution in [2.75, 3.05) is 0 Å². The molecule has 0 aliphatic heterocycles. The summed E-state index contributed by atoms with van der Waals surface area (Å²) in [5.74, 6) is 1.74. The van der Waals surface area contributed by atoms with Crippen LogP contribution in [0.15, 0.2) is 53.0 Å². The Morgan fingerprint density at radius 1 is 1.06 bits per heavy atom. The zero-order valence-corrected chi connectivity index (χ0v) is 11.7. The molecule has 0 amide bonds. The average molecular weight is 303 g/mol. The largest absolute Gasteiger partial charge is 0.489 e. The summed E-state index contributed by atoms with van der Waals surface area (Å²) < 4.78 is 7.05. The minimum atomic E-state index is 0.636. The van der Waals surface area contributed by atoms with Crippen LogP contribution in [0.2, 0.25) is 0 Å². The van der Waals surface area contributed by atoms with Crippen LogP contribution in [-0.4, -0.2) is 0 Å². The Morgan fingerprint density at radius 3 is 2.56 bits per heavy atom. The summed E-state index contributed by atoms with van der Waals surface area (Å²) in [6.07, 6.45) is 2.59. The van der Waals surface area contributed by atoms with Crippen molar-refractivity contribution in [2.45, 2.75) is 25.4 Å². The predicted molar refractivity (Wildman–Crippen MR) is 76.9 cm³/mol. The highest BCUT2D eigenvalue weighted by Gasteiger charge is 2.26. The maximum absolute atomic E-state index is 5.98. The Kier molecular flexibility index (Phi) is 3.37. The molecule has 0 unspecified atom stereocenters. The third-order valence-corrected chi connectivity index (χ3v) is 3.72. The van der Waals surface area contributed by atoms with E-state index in [1.165, 1.54) is 24.0 Å². The minimum absolute atomic E-state index is 0.636. The van der Waals surface area contributed by atoms with Crippen LogP contribution in [0.3, 0.4) is 0 Å². The van der Waals surface area contributed by atoms with Crippen molar-refractivity contribution in [1.82, 2.24) is 0 Å². The highest BCUT2D eigenvalue weighted by molar-refractivity contribution is 9.10. The molecule has 1 fully saturated rings. The molecule has 0 spiro atoms. The molecule has 0 atom stereocenters. The van der Waals surface area contributed by atoms with Crippen molar-refractivity contribution in [1.29, 1.82) is 0 Å². The van der Waals surface area contributed by atoms with Gasteiger partial charge in [-0.1, -0.05) is 52.3 Å². The lowest BCUT2D eigenvalue weighted by Gasteiger charge is -2.11. The van der Waals surface area contributed by atoms with Crippen LogP contribution in [0.4, 0.5) is 0 Å². The van der Waals surface area contributed by atoms with Crippen molar-refractivity contribution in [3.8, 4) is 5.75 Å². The Labute approximate surface area is 116 Å². The molecule has 2 heteroatoms. The van der Waals surface area contributed by atoms with Gasteiger partial charge in [-0.3, -0.25) is 0 Å². The first-order valence-electron chi connectivity index (χ1n) is 6.29. The molecular formula is C16H15BrO. The van der Waals surface area contributed by atoms with Gasteiger partial charge in [-0.2, -0.15) is 0 Å². The fourth-order valence-electron chi connectivity index (χ4n) is 2.10. The van der Waals surface area contributed by atoms with Crippen molar-refractivity contribution < 1.29 is 4.74 Å². The van der Waals surface area contributed by atoms with Crippen molar-refractivity contribution in [2.24, 2.45) is 0 Å². The van der Waals surface area contributed by atoms with Gasteiger partial charge in [-0.25, -0.2) is 0 Å². The summed E-state index contributed by atoms with van der Waals surface area (Å²) >= 11 is 3.51. The van der Waals surface area contributed by atoms with Crippen molar-refractivity contribution >= 4 is 15.9 Å². The monoisotopic (exact) mass is 302 g/mol. The lowest BCUT2D eigenvalue weighted by atomic mass is 10.1. The molecule has 0 heterocycles. The topological polar surface area (TPSA) is 9.23 Å². The van der Waals surface area contributed by atoms with Crippen molar-refractivity contribution in [3.05, 3.63) is 64.1 Å². The molecule has 2 aromatic rings. The van der Waals surface area contributed by atoms with Crippen molar-refractivity contribution in [3.63, 3.8) is 0 Å². The number of hydrogen-bond acceptors (Lipinski definition) is 1. The summed E-state index contributed by atoms with van der Waals surface area (Å²) in [6, 6.07) is 16.7. The maximum Gasteiger partial charge on any atom is 0.124 e. The van der Waals surface area contributed by atoms with E-state index in [1.807, 2.05) is 18.2 Å².